The lowest BCUT2D eigenvalue weighted by atomic mass is 10.1. The van der Waals surface area contributed by atoms with Gasteiger partial charge in [0.1, 0.15) is 6.61 Å². The van der Waals surface area contributed by atoms with Crippen LogP contribution in [0.1, 0.15) is 149 Å². The summed E-state index contributed by atoms with van der Waals surface area (Å²) >= 11 is 0. The van der Waals surface area contributed by atoms with E-state index in [2.05, 4.69) is 23.6 Å². The number of unbranched alkanes of at least 4 members (excludes halogenated alkanes) is 13. The summed E-state index contributed by atoms with van der Waals surface area (Å²) in [4.78, 5) is 42.9. The second kappa shape index (κ2) is 37.0. The smallest absolute Gasteiger partial charge is 0.462 e. The second-order valence-corrected chi connectivity index (χ2v) is 15.0. The van der Waals surface area contributed by atoms with Crippen LogP contribution in [0.2, 0.25) is 0 Å². The molecule has 0 radical (unpaired) electrons. The zero-order valence-corrected chi connectivity index (χ0v) is 34.5. The van der Waals surface area contributed by atoms with Gasteiger partial charge in [0.15, 0.2) is 6.10 Å². The van der Waals surface area contributed by atoms with Gasteiger partial charge in [-0.15, -0.1) is 0 Å². The predicted molar refractivity (Wildman–Crippen MR) is 220 cm³/mol. The number of carbonyl (C=O) groups is 2. The van der Waals surface area contributed by atoms with Crippen molar-refractivity contribution in [3.05, 3.63) is 72.9 Å². The van der Waals surface area contributed by atoms with Gasteiger partial charge in [-0.25, -0.2) is 4.57 Å². The summed E-state index contributed by atoms with van der Waals surface area (Å²) < 4.78 is 26.2. The predicted octanol–water partition coefficient (Wildman–Crippen LogP) is 9.20. The Labute approximate surface area is 331 Å². The highest BCUT2D eigenvalue weighted by atomic mass is 31.2. The van der Waals surface area contributed by atoms with Crippen LogP contribution in [-0.4, -0.2) is 74.7 Å². The summed E-state index contributed by atoms with van der Waals surface area (Å²) in [5.41, 5.74) is 0. The van der Waals surface area contributed by atoms with Gasteiger partial charge in [0.25, 0.3) is 0 Å². The van der Waals surface area contributed by atoms with Crippen LogP contribution in [0.5, 0.6) is 0 Å². The van der Waals surface area contributed by atoms with Gasteiger partial charge in [0.2, 0.25) is 0 Å². The first-order valence-corrected chi connectivity index (χ1v) is 22.1. The van der Waals surface area contributed by atoms with Crippen LogP contribution in [0.3, 0.4) is 0 Å². The molecule has 0 bridgehead atoms. The molecule has 0 aromatic heterocycles. The first-order chi connectivity index (χ1) is 26.5. The minimum atomic E-state index is -4.84. The molecule has 11 nitrogen and oxygen atoms in total. The van der Waals surface area contributed by atoms with Crippen molar-refractivity contribution in [3.63, 3.8) is 0 Å². The molecule has 0 amide bonds. The molecule has 12 heteroatoms. The first-order valence-electron chi connectivity index (χ1n) is 20.6. The molecule has 0 fully saturated rings. The van der Waals surface area contributed by atoms with Gasteiger partial charge in [-0.2, -0.15) is 0 Å². The topological polar surface area (TPSA) is 180 Å². The van der Waals surface area contributed by atoms with Gasteiger partial charge in [0, 0.05) is 12.8 Å². The molecule has 0 saturated heterocycles. The van der Waals surface area contributed by atoms with E-state index in [0.717, 1.165) is 38.5 Å². The summed E-state index contributed by atoms with van der Waals surface area (Å²) in [6.07, 6.45) is 37.1. The van der Waals surface area contributed by atoms with Gasteiger partial charge >= 0.3 is 19.8 Å². The molecule has 0 aromatic rings. The Kier molecular flexibility index (Phi) is 35.2. The third-order valence-electron chi connectivity index (χ3n) is 8.55. The number of aliphatic hydroxyl groups is 3. The highest BCUT2D eigenvalue weighted by Gasteiger charge is 2.23. The molecule has 5 N–H and O–H groups in total. The van der Waals surface area contributed by atoms with E-state index < -0.39 is 57.4 Å². The van der Waals surface area contributed by atoms with Gasteiger partial charge in [-0.05, 0) is 57.8 Å². The molecule has 0 heterocycles. The molecular weight excluding hydrogens is 723 g/mol. The lowest BCUT2D eigenvalue weighted by molar-refractivity contribution is -0.161. The van der Waals surface area contributed by atoms with Gasteiger partial charge < -0.3 is 34.6 Å². The number of carbonyl (C=O) groups excluding carboxylic acids is 2. The fourth-order valence-corrected chi connectivity index (χ4v) is 5.72. The molecular formula is C43H73O11P. The number of ether oxygens (including phenoxy) is 2. The van der Waals surface area contributed by atoms with E-state index in [4.69, 9.17) is 19.3 Å². The van der Waals surface area contributed by atoms with Crippen molar-refractivity contribution in [2.75, 3.05) is 13.2 Å². The van der Waals surface area contributed by atoms with Crippen molar-refractivity contribution in [1.82, 2.24) is 0 Å². The first kappa shape index (κ1) is 52.4. The van der Waals surface area contributed by atoms with E-state index in [9.17, 15) is 29.5 Å². The number of hydrogen-bond acceptors (Lipinski definition) is 9. The number of aliphatic hydroxyl groups excluding tert-OH is 3. The van der Waals surface area contributed by atoms with Crippen molar-refractivity contribution in [2.45, 2.75) is 173 Å². The van der Waals surface area contributed by atoms with E-state index in [1.165, 1.54) is 63.9 Å². The highest BCUT2D eigenvalue weighted by molar-refractivity contribution is 7.46. The summed E-state index contributed by atoms with van der Waals surface area (Å²) in [5.74, 6) is -1.23. The zero-order chi connectivity index (χ0) is 40.8. The fourth-order valence-electron chi connectivity index (χ4n) is 5.36. The van der Waals surface area contributed by atoms with Crippen molar-refractivity contribution < 1.29 is 53.3 Å². The van der Waals surface area contributed by atoms with Crippen LogP contribution in [0.25, 0.3) is 0 Å². The average molecular weight is 797 g/mol. The number of allylic oxidation sites excluding steroid dienone is 9. The van der Waals surface area contributed by atoms with Crippen molar-refractivity contribution in [3.8, 4) is 0 Å². The second-order valence-electron chi connectivity index (χ2n) is 13.8. The summed E-state index contributed by atoms with van der Waals surface area (Å²) in [5, 5.41) is 30.2. The number of esters is 2. The van der Waals surface area contributed by atoms with Crippen LogP contribution in [0.4, 0.5) is 0 Å². The minimum Gasteiger partial charge on any atom is -0.462 e. The SMILES string of the molecule is CC/C=C\C[C@@H](O)/C=C/C=C/C=C\C=C/[C@H](O)[C@@H](O)CCCC(=O)OC[C@H](COP(=O)(O)O)OC(=O)CCCCCCCCC/C=C\CCCCCCCC. The largest absolute Gasteiger partial charge is 0.469 e. The molecule has 316 valence electrons. The quantitative estimate of drug-likeness (QED) is 0.0134. The Bertz CT molecular complexity index is 1170. The summed E-state index contributed by atoms with van der Waals surface area (Å²) in [6.45, 7) is 3.18. The van der Waals surface area contributed by atoms with Crippen molar-refractivity contribution in [2.24, 2.45) is 0 Å². The Balaban J connectivity index is 4.28. The molecule has 55 heavy (non-hydrogen) atoms. The Hall–Kier alpha value is -2.63. The zero-order valence-electron chi connectivity index (χ0n) is 33.6. The maximum atomic E-state index is 12.4. The number of phosphoric acid groups is 1. The highest BCUT2D eigenvalue weighted by Crippen LogP contribution is 2.36. The summed E-state index contributed by atoms with van der Waals surface area (Å²) in [6, 6.07) is 0. The fraction of sp³-hybridized carbons (Fsp3) is 0.674. The maximum absolute atomic E-state index is 12.4. The van der Waals surface area contributed by atoms with E-state index >= 15 is 0 Å². The van der Waals surface area contributed by atoms with Crippen LogP contribution in [-0.2, 0) is 28.2 Å². The average Bonchev–Trinajstić information content (AvgIpc) is 3.14. The molecule has 0 spiro atoms. The van der Waals surface area contributed by atoms with Crippen LogP contribution < -0.4 is 0 Å². The molecule has 0 aliphatic rings. The summed E-state index contributed by atoms with van der Waals surface area (Å²) in [7, 11) is -4.84. The minimum absolute atomic E-state index is 0.0920. The molecule has 0 unspecified atom stereocenters. The Morgan fingerprint density at radius 3 is 1.76 bits per heavy atom. The lowest BCUT2D eigenvalue weighted by Crippen LogP contribution is -2.29. The van der Waals surface area contributed by atoms with Crippen molar-refractivity contribution >= 4 is 19.8 Å². The van der Waals surface area contributed by atoms with Gasteiger partial charge in [-0.1, -0.05) is 151 Å². The van der Waals surface area contributed by atoms with Crippen LogP contribution >= 0.6 is 7.82 Å². The number of phosphoric ester groups is 1. The molecule has 4 atom stereocenters. The normalized spacial score (nSPS) is 15.0. The van der Waals surface area contributed by atoms with E-state index in [0.29, 0.717) is 12.8 Å². The number of rotatable bonds is 36. The maximum Gasteiger partial charge on any atom is 0.469 e. The van der Waals surface area contributed by atoms with Crippen LogP contribution in [0.15, 0.2) is 72.9 Å². The van der Waals surface area contributed by atoms with E-state index in [1.54, 1.807) is 42.5 Å². The van der Waals surface area contributed by atoms with E-state index in [1.807, 2.05) is 19.1 Å². The molecule has 0 rings (SSSR count). The van der Waals surface area contributed by atoms with Crippen LogP contribution in [0, 0.1) is 0 Å². The molecule has 0 aliphatic heterocycles. The standard InChI is InChI=1S/C43H73O11P/c1-3-5-7-8-9-10-11-12-13-14-15-16-17-18-19-24-28-34-43(48)54-39(37-53-55(49,50)51)36-52-42(47)35-29-33-41(46)40(45)32-27-23-21-20-22-26-31-38(44)30-25-6-4-2/h6,12-13,20-23,25-27,31-32,38-41,44-46H,3-5,7-11,14-19,24,28-30,33-37H2,1-2H3,(H2,49,50,51)/b13-12-,22-20+,23-21-,25-6-,31-26+,32-27-/t38-,39-,40+,41+/m1/s1. The van der Waals surface area contributed by atoms with Crippen molar-refractivity contribution in [1.29, 1.82) is 0 Å². The third kappa shape index (κ3) is 38.0. The lowest BCUT2D eigenvalue weighted by Gasteiger charge is -2.18. The van der Waals surface area contributed by atoms with Gasteiger partial charge in [-0.3, -0.25) is 14.1 Å². The molecule has 0 saturated carbocycles. The number of hydrogen-bond donors (Lipinski definition) is 5. The molecule has 0 aliphatic carbocycles. The third-order valence-corrected chi connectivity index (χ3v) is 9.04. The monoisotopic (exact) mass is 796 g/mol. The Morgan fingerprint density at radius 2 is 1.16 bits per heavy atom. The van der Waals surface area contributed by atoms with Gasteiger partial charge in [0.05, 0.1) is 24.9 Å². The van der Waals surface area contributed by atoms with E-state index in [-0.39, 0.29) is 25.7 Å². The Morgan fingerprint density at radius 1 is 0.618 bits per heavy atom. The molecule has 0 aromatic carbocycles.